The number of hydrogen-bond acceptors (Lipinski definition) is 8. The van der Waals surface area contributed by atoms with Gasteiger partial charge in [-0.05, 0) is 67.8 Å². The number of nitrogens with two attached hydrogens (primary N) is 1. The Labute approximate surface area is 200 Å². The van der Waals surface area contributed by atoms with Crippen LogP contribution in [0.25, 0.3) is 21.5 Å². The zero-order chi connectivity index (χ0) is 23.1. The van der Waals surface area contributed by atoms with Crippen LogP contribution in [0.3, 0.4) is 0 Å². The SMILES string of the molecule is Nc1nccc(-c2cc(OCC3CCCN3)c3nc(C4COc5ccc(F)cc5C4)sc3c2)n1. The summed E-state index contributed by atoms with van der Waals surface area (Å²) < 4.78 is 27.0. The highest BCUT2D eigenvalue weighted by Crippen LogP contribution is 2.40. The van der Waals surface area contributed by atoms with Gasteiger partial charge in [-0.3, -0.25) is 0 Å². The number of rotatable bonds is 5. The standard InChI is InChI=1S/C25H24FN5O2S/c26-17-3-4-20-15(9-17)8-16(12-32-20)24-31-23-21(33-13-18-2-1-6-28-18)10-14(11-22(23)34-24)19-5-7-29-25(27)30-19/h3-5,7,9-11,16,18,28H,1-2,6,8,12-13H2,(H2,27,29,30). The van der Waals surface area contributed by atoms with Crippen molar-refractivity contribution in [1.29, 1.82) is 0 Å². The molecule has 9 heteroatoms. The highest BCUT2D eigenvalue weighted by molar-refractivity contribution is 7.18. The lowest BCUT2D eigenvalue weighted by Crippen LogP contribution is -2.28. The van der Waals surface area contributed by atoms with Gasteiger partial charge >= 0.3 is 0 Å². The molecule has 174 valence electrons. The van der Waals surface area contributed by atoms with E-state index in [1.807, 2.05) is 12.1 Å². The Morgan fingerprint density at radius 1 is 1.21 bits per heavy atom. The molecule has 4 aromatic rings. The van der Waals surface area contributed by atoms with E-state index in [2.05, 4.69) is 21.4 Å². The highest BCUT2D eigenvalue weighted by atomic mass is 32.1. The summed E-state index contributed by atoms with van der Waals surface area (Å²) in [7, 11) is 0. The van der Waals surface area contributed by atoms with Crippen molar-refractivity contribution in [3.63, 3.8) is 0 Å². The Morgan fingerprint density at radius 2 is 2.15 bits per heavy atom. The van der Waals surface area contributed by atoms with Gasteiger partial charge in [-0.2, -0.15) is 0 Å². The molecule has 1 saturated heterocycles. The largest absolute Gasteiger partial charge is 0.493 e. The second kappa shape index (κ2) is 8.81. The molecule has 2 unspecified atom stereocenters. The molecule has 4 heterocycles. The Bertz CT molecular complexity index is 1350. The van der Waals surface area contributed by atoms with Crippen molar-refractivity contribution >= 4 is 27.5 Å². The third-order valence-corrected chi connectivity index (χ3v) is 7.49. The van der Waals surface area contributed by atoms with Crippen LogP contribution in [0, 0.1) is 5.82 Å². The van der Waals surface area contributed by atoms with Gasteiger partial charge in [0.2, 0.25) is 5.95 Å². The first kappa shape index (κ1) is 21.2. The molecule has 0 bridgehead atoms. The average molecular weight is 478 g/mol. The molecule has 6 rings (SSSR count). The Morgan fingerprint density at radius 3 is 3.00 bits per heavy atom. The van der Waals surface area contributed by atoms with E-state index in [0.717, 1.165) is 62.9 Å². The summed E-state index contributed by atoms with van der Waals surface area (Å²) in [5.41, 5.74) is 9.16. The van der Waals surface area contributed by atoms with Gasteiger partial charge in [0.1, 0.15) is 34.4 Å². The molecular weight excluding hydrogens is 453 g/mol. The number of thiazole rings is 1. The molecule has 2 aliphatic rings. The number of benzene rings is 2. The molecule has 3 N–H and O–H groups in total. The van der Waals surface area contributed by atoms with Crippen LogP contribution >= 0.6 is 11.3 Å². The topological polar surface area (TPSA) is 95.2 Å². The van der Waals surface area contributed by atoms with Crippen molar-refractivity contribution < 1.29 is 13.9 Å². The van der Waals surface area contributed by atoms with Crippen molar-refractivity contribution in [1.82, 2.24) is 20.3 Å². The van der Waals surface area contributed by atoms with E-state index in [0.29, 0.717) is 25.7 Å². The predicted molar refractivity (Wildman–Crippen MR) is 130 cm³/mol. The third-order valence-electron chi connectivity index (χ3n) is 6.33. The molecule has 1 fully saturated rings. The fourth-order valence-electron chi connectivity index (χ4n) is 4.59. The fraction of sp³-hybridized carbons (Fsp3) is 0.320. The first-order chi connectivity index (χ1) is 16.6. The second-order valence-corrected chi connectivity index (χ2v) is 9.80. The number of nitrogen functional groups attached to an aromatic ring is 1. The first-order valence-electron chi connectivity index (χ1n) is 11.4. The van der Waals surface area contributed by atoms with Gasteiger partial charge in [0, 0.05) is 23.7 Å². The first-order valence-corrected chi connectivity index (χ1v) is 12.2. The van der Waals surface area contributed by atoms with E-state index < -0.39 is 0 Å². The normalized spacial score (nSPS) is 19.7. The average Bonchev–Trinajstić information content (AvgIpc) is 3.52. The van der Waals surface area contributed by atoms with Crippen LogP contribution in [0.1, 0.15) is 29.3 Å². The molecule has 0 spiro atoms. The minimum absolute atomic E-state index is 0.0502. The summed E-state index contributed by atoms with van der Waals surface area (Å²) in [4.78, 5) is 13.4. The summed E-state index contributed by atoms with van der Waals surface area (Å²) >= 11 is 1.61. The van der Waals surface area contributed by atoms with E-state index >= 15 is 0 Å². The number of hydrogen-bond donors (Lipinski definition) is 2. The summed E-state index contributed by atoms with van der Waals surface area (Å²) in [6, 6.07) is 10.9. The van der Waals surface area contributed by atoms with Gasteiger partial charge in [0.15, 0.2) is 0 Å². The van der Waals surface area contributed by atoms with Crippen LogP contribution in [0.15, 0.2) is 42.6 Å². The fourth-order valence-corrected chi connectivity index (χ4v) is 5.70. The lowest BCUT2D eigenvalue weighted by atomic mass is 9.97. The molecule has 2 aromatic heterocycles. The van der Waals surface area contributed by atoms with Gasteiger partial charge in [-0.25, -0.2) is 19.3 Å². The number of anilines is 1. The lowest BCUT2D eigenvalue weighted by Gasteiger charge is -2.23. The van der Waals surface area contributed by atoms with Gasteiger partial charge in [0.05, 0.1) is 17.0 Å². The van der Waals surface area contributed by atoms with Gasteiger partial charge in [-0.1, -0.05) is 0 Å². The molecule has 7 nitrogen and oxygen atoms in total. The molecule has 0 saturated carbocycles. The van der Waals surface area contributed by atoms with E-state index in [-0.39, 0.29) is 17.7 Å². The molecule has 0 amide bonds. The van der Waals surface area contributed by atoms with Crippen LogP contribution in [-0.2, 0) is 6.42 Å². The highest BCUT2D eigenvalue weighted by Gasteiger charge is 2.26. The van der Waals surface area contributed by atoms with Crippen molar-refractivity contribution in [3.05, 3.63) is 59.0 Å². The van der Waals surface area contributed by atoms with Crippen molar-refractivity contribution in [2.24, 2.45) is 0 Å². The third kappa shape index (κ3) is 4.17. The van der Waals surface area contributed by atoms with E-state index in [1.165, 1.54) is 6.07 Å². The molecule has 2 atom stereocenters. The molecule has 34 heavy (non-hydrogen) atoms. The number of nitrogens with zero attached hydrogens (tertiary/aromatic N) is 3. The van der Waals surface area contributed by atoms with Gasteiger partial charge in [-0.15, -0.1) is 11.3 Å². The van der Waals surface area contributed by atoms with Crippen LogP contribution < -0.4 is 20.5 Å². The van der Waals surface area contributed by atoms with Crippen LogP contribution in [0.4, 0.5) is 10.3 Å². The lowest BCUT2D eigenvalue weighted by molar-refractivity contribution is 0.261. The zero-order valence-electron chi connectivity index (χ0n) is 18.5. The number of halogens is 1. The maximum Gasteiger partial charge on any atom is 0.220 e. The zero-order valence-corrected chi connectivity index (χ0v) is 19.3. The monoisotopic (exact) mass is 477 g/mol. The minimum atomic E-state index is -0.253. The van der Waals surface area contributed by atoms with E-state index in [4.69, 9.17) is 20.2 Å². The molecule has 2 aromatic carbocycles. The number of ether oxygens (including phenoxy) is 2. The Balaban J connectivity index is 1.37. The number of nitrogens with one attached hydrogen (secondary N) is 1. The minimum Gasteiger partial charge on any atom is -0.493 e. The molecule has 2 aliphatic heterocycles. The van der Waals surface area contributed by atoms with Crippen LogP contribution in [0.5, 0.6) is 11.5 Å². The van der Waals surface area contributed by atoms with Gasteiger partial charge < -0.3 is 20.5 Å². The summed E-state index contributed by atoms with van der Waals surface area (Å²) in [6.45, 7) is 2.11. The van der Waals surface area contributed by atoms with Crippen molar-refractivity contribution in [2.45, 2.75) is 31.2 Å². The number of fused-ring (bicyclic) bond motifs is 2. The maximum atomic E-state index is 13.8. The number of aromatic nitrogens is 3. The van der Waals surface area contributed by atoms with Crippen molar-refractivity contribution in [2.75, 3.05) is 25.5 Å². The summed E-state index contributed by atoms with van der Waals surface area (Å²) in [6.07, 6.45) is 4.60. The summed E-state index contributed by atoms with van der Waals surface area (Å²) in [5.74, 6) is 1.50. The maximum absolute atomic E-state index is 13.8. The van der Waals surface area contributed by atoms with E-state index in [9.17, 15) is 4.39 Å². The molecular formula is C25H24FN5O2S. The van der Waals surface area contributed by atoms with Gasteiger partial charge in [0.25, 0.3) is 0 Å². The second-order valence-electron chi connectivity index (χ2n) is 8.74. The van der Waals surface area contributed by atoms with E-state index in [1.54, 1.807) is 29.7 Å². The Hall–Kier alpha value is -3.30. The van der Waals surface area contributed by atoms with Crippen LogP contribution in [-0.4, -0.2) is 40.8 Å². The van der Waals surface area contributed by atoms with Crippen molar-refractivity contribution in [3.8, 4) is 22.8 Å². The van der Waals surface area contributed by atoms with Crippen LogP contribution in [0.2, 0.25) is 0 Å². The molecule has 0 radical (unpaired) electrons. The smallest absolute Gasteiger partial charge is 0.220 e. The molecule has 0 aliphatic carbocycles. The quantitative estimate of drug-likeness (QED) is 0.442. The Kier molecular flexibility index (Phi) is 5.50. The predicted octanol–water partition coefficient (Wildman–Crippen LogP) is 4.32. The summed E-state index contributed by atoms with van der Waals surface area (Å²) in [5, 5.41) is 4.42.